The summed E-state index contributed by atoms with van der Waals surface area (Å²) in [6.07, 6.45) is -0.310. The van der Waals surface area contributed by atoms with E-state index in [2.05, 4.69) is 5.10 Å². The maximum Gasteiger partial charge on any atom is 0.338 e. The minimum Gasteiger partial charge on any atom is -0.479 e. The first-order valence-corrected chi connectivity index (χ1v) is 4.46. The van der Waals surface area contributed by atoms with Crippen molar-refractivity contribution in [1.82, 2.24) is 9.78 Å². The highest BCUT2D eigenvalue weighted by Gasteiger charge is 2.25. The largest absolute Gasteiger partial charge is 0.479 e. The Kier molecular flexibility index (Phi) is 3.13. The fourth-order valence-corrected chi connectivity index (χ4v) is 1.37. The molecule has 0 saturated carbocycles. The van der Waals surface area contributed by atoms with Gasteiger partial charge in [0.05, 0.1) is 16.9 Å². The Balaban J connectivity index is 3.17. The van der Waals surface area contributed by atoms with Gasteiger partial charge in [0, 0.05) is 6.04 Å². The molecule has 0 spiro atoms. The summed E-state index contributed by atoms with van der Waals surface area (Å²) in [5.41, 5.74) is 0.120. The van der Waals surface area contributed by atoms with E-state index < -0.39 is 12.1 Å². The number of hydrogen-bond acceptors (Lipinski definition) is 3. The Morgan fingerprint density at radius 3 is 2.64 bits per heavy atom. The highest BCUT2D eigenvalue weighted by atomic mass is 35.5. The summed E-state index contributed by atoms with van der Waals surface area (Å²) in [5.74, 6) is -1.34. The van der Waals surface area contributed by atoms with Crippen LogP contribution in [0.3, 0.4) is 0 Å². The number of carboxylic acids is 1. The fraction of sp³-hybridized carbons (Fsp3) is 0.500. The van der Waals surface area contributed by atoms with Crippen molar-refractivity contribution in [3.05, 3.63) is 16.9 Å². The zero-order valence-corrected chi connectivity index (χ0v) is 8.56. The highest BCUT2D eigenvalue weighted by Crippen LogP contribution is 2.25. The van der Waals surface area contributed by atoms with Crippen LogP contribution >= 0.6 is 11.6 Å². The van der Waals surface area contributed by atoms with Gasteiger partial charge in [0.25, 0.3) is 0 Å². The van der Waals surface area contributed by atoms with E-state index in [-0.39, 0.29) is 16.8 Å². The van der Waals surface area contributed by atoms with Gasteiger partial charge in [-0.1, -0.05) is 11.6 Å². The number of rotatable bonds is 3. The number of aliphatic hydroxyl groups excluding tert-OH is 1. The van der Waals surface area contributed by atoms with Gasteiger partial charge < -0.3 is 10.2 Å². The molecule has 0 saturated heterocycles. The van der Waals surface area contributed by atoms with Gasteiger partial charge in [-0.15, -0.1) is 0 Å². The smallest absolute Gasteiger partial charge is 0.338 e. The second kappa shape index (κ2) is 3.98. The van der Waals surface area contributed by atoms with Crippen molar-refractivity contribution < 1.29 is 15.0 Å². The zero-order valence-electron chi connectivity index (χ0n) is 7.81. The number of nitrogens with zero attached hydrogens (tertiary/aromatic N) is 2. The lowest BCUT2D eigenvalue weighted by Gasteiger charge is -2.13. The van der Waals surface area contributed by atoms with Crippen molar-refractivity contribution in [1.29, 1.82) is 0 Å². The molecule has 0 fully saturated rings. The van der Waals surface area contributed by atoms with E-state index in [1.54, 1.807) is 0 Å². The van der Waals surface area contributed by atoms with Crippen LogP contribution in [0.5, 0.6) is 0 Å². The van der Waals surface area contributed by atoms with Gasteiger partial charge in [-0.3, -0.25) is 4.68 Å². The number of carbonyl (C=O) groups is 1. The Labute approximate surface area is 85.9 Å². The van der Waals surface area contributed by atoms with Gasteiger partial charge in [-0.25, -0.2) is 4.79 Å². The van der Waals surface area contributed by atoms with E-state index in [1.807, 2.05) is 13.8 Å². The van der Waals surface area contributed by atoms with Crippen molar-refractivity contribution in [3.8, 4) is 0 Å². The topological polar surface area (TPSA) is 75.3 Å². The quantitative estimate of drug-likeness (QED) is 0.800. The molecule has 0 aromatic carbocycles. The highest BCUT2D eigenvalue weighted by molar-refractivity contribution is 6.31. The number of halogens is 1. The van der Waals surface area contributed by atoms with E-state index in [4.69, 9.17) is 16.7 Å². The molecule has 0 amide bonds. The van der Waals surface area contributed by atoms with E-state index in [1.165, 1.54) is 10.9 Å². The van der Waals surface area contributed by atoms with Crippen LogP contribution in [0, 0.1) is 0 Å². The van der Waals surface area contributed by atoms with Gasteiger partial charge in [0.15, 0.2) is 6.10 Å². The average molecular weight is 219 g/mol. The summed E-state index contributed by atoms with van der Waals surface area (Å²) in [5, 5.41) is 22.0. The number of aliphatic hydroxyl groups is 1. The summed E-state index contributed by atoms with van der Waals surface area (Å²) < 4.78 is 1.39. The molecule has 2 N–H and O–H groups in total. The molecule has 0 radical (unpaired) electrons. The second-order valence-corrected chi connectivity index (χ2v) is 3.56. The molecule has 5 nitrogen and oxygen atoms in total. The monoisotopic (exact) mass is 218 g/mol. The molecule has 0 aliphatic rings. The molecule has 0 aliphatic heterocycles. The van der Waals surface area contributed by atoms with Crippen LogP contribution in [0.25, 0.3) is 0 Å². The first-order valence-electron chi connectivity index (χ1n) is 4.09. The molecule has 14 heavy (non-hydrogen) atoms. The van der Waals surface area contributed by atoms with Crippen molar-refractivity contribution in [2.75, 3.05) is 0 Å². The third-order valence-corrected chi connectivity index (χ3v) is 2.06. The first kappa shape index (κ1) is 11.0. The predicted octanol–water partition coefficient (Wildman–Crippen LogP) is 1.24. The molecule has 6 heteroatoms. The first-order chi connectivity index (χ1) is 6.45. The van der Waals surface area contributed by atoms with Gasteiger partial charge in [0.1, 0.15) is 0 Å². The number of aliphatic carboxylic acids is 1. The van der Waals surface area contributed by atoms with Crippen molar-refractivity contribution in [2.45, 2.75) is 26.0 Å². The van der Waals surface area contributed by atoms with E-state index in [0.717, 1.165) is 0 Å². The van der Waals surface area contributed by atoms with Crippen LogP contribution in [0.15, 0.2) is 6.20 Å². The standard InChI is InChI=1S/C8H11ClN2O3/c1-4(2)11-6(5(9)3-10-11)7(12)8(13)14/h3-4,7,12H,1-2H3,(H,13,14). The van der Waals surface area contributed by atoms with Crippen LogP contribution < -0.4 is 0 Å². The maximum atomic E-state index is 10.6. The normalized spacial score (nSPS) is 13.2. The molecule has 1 atom stereocenters. The van der Waals surface area contributed by atoms with E-state index in [0.29, 0.717) is 0 Å². The predicted molar refractivity (Wildman–Crippen MR) is 50.2 cm³/mol. The summed E-state index contributed by atoms with van der Waals surface area (Å²) in [6.45, 7) is 3.64. The Hall–Kier alpha value is -1.07. The summed E-state index contributed by atoms with van der Waals surface area (Å²) in [6, 6.07) is -0.0495. The summed E-state index contributed by atoms with van der Waals surface area (Å²) in [7, 11) is 0. The Morgan fingerprint density at radius 1 is 1.64 bits per heavy atom. The van der Waals surface area contributed by atoms with Crippen LogP contribution in [0.2, 0.25) is 5.02 Å². The molecular formula is C8H11ClN2O3. The van der Waals surface area contributed by atoms with E-state index in [9.17, 15) is 9.90 Å². The fourth-order valence-electron chi connectivity index (χ4n) is 1.14. The molecule has 1 heterocycles. The molecule has 0 bridgehead atoms. The average Bonchev–Trinajstić information content (AvgIpc) is 2.45. The number of carboxylic acid groups (broad SMARTS) is 1. The lowest BCUT2D eigenvalue weighted by Crippen LogP contribution is -2.17. The SMILES string of the molecule is CC(C)n1ncc(Cl)c1C(O)C(=O)O. The van der Waals surface area contributed by atoms with Gasteiger partial charge >= 0.3 is 5.97 Å². The molecule has 78 valence electrons. The van der Waals surface area contributed by atoms with Crippen molar-refractivity contribution >= 4 is 17.6 Å². The van der Waals surface area contributed by atoms with Crippen LogP contribution in [-0.2, 0) is 4.79 Å². The lowest BCUT2D eigenvalue weighted by molar-refractivity contribution is -0.147. The lowest BCUT2D eigenvalue weighted by atomic mass is 10.2. The molecule has 1 rings (SSSR count). The van der Waals surface area contributed by atoms with Crippen LogP contribution in [0.1, 0.15) is 31.7 Å². The van der Waals surface area contributed by atoms with Gasteiger partial charge in [-0.2, -0.15) is 5.10 Å². The molecule has 1 unspecified atom stereocenters. The molecular weight excluding hydrogens is 208 g/mol. The van der Waals surface area contributed by atoms with Crippen LogP contribution in [-0.4, -0.2) is 26.0 Å². The Bertz CT molecular complexity index is 348. The second-order valence-electron chi connectivity index (χ2n) is 3.16. The maximum absolute atomic E-state index is 10.6. The number of hydrogen-bond donors (Lipinski definition) is 2. The third kappa shape index (κ3) is 1.88. The van der Waals surface area contributed by atoms with Gasteiger partial charge in [0.2, 0.25) is 0 Å². The molecule has 1 aromatic rings. The molecule has 1 aromatic heterocycles. The zero-order chi connectivity index (χ0) is 10.9. The minimum atomic E-state index is -1.63. The van der Waals surface area contributed by atoms with Crippen molar-refractivity contribution in [3.63, 3.8) is 0 Å². The number of aromatic nitrogens is 2. The van der Waals surface area contributed by atoms with Crippen LogP contribution in [0.4, 0.5) is 0 Å². The van der Waals surface area contributed by atoms with Crippen molar-refractivity contribution in [2.24, 2.45) is 0 Å². The molecule has 0 aliphatic carbocycles. The summed E-state index contributed by atoms with van der Waals surface area (Å²) in [4.78, 5) is 10.6. The summed E-state index contributed by atoms with van der Waals surface area (Å²) >= 11 is 5.72. The third-order valence-electron chi connectivity index (χ3n) is 1.77. The van der Waals surface area contributed by atoms with E-state index >= 15 is 0 Å². The minimum absolute atomic E-state index is 0.0495. The Morgan fingerprint density at radius 2 is 2.21 bits per heavy atom. The van der Waals surface area contributed by atoms with Gasteiger partial charge in [-0.05, 0) is 13.8 Å².